The molecule has 4 rings (SSSR count). The van der Waals surface area contributed by atoms with Gasteiger partial charge in [-0.3, -0.25) is 9.69 Å². The molecule has 1 aliphatic carbocycles. The molecular formula is C25H26N2OS. The number of amidine groups is 1. The molecule has 3 nitrogen and oxygen atoms in total. The highest BCUT2D eigenvalue weighted by molar-refractivity contribution is 8.18. The fraction of sp³-hybridized carbons (Fsp3) is 0.280. The van der Waals surface area contributed by atoms with Crippen molar-refractivity contribution in [1.82, 2.24) is 4.90 Å². The molecule has 2 fully saturated rings. The highest BCUT2D eigenvalue weighted by atomic mass is 32.2. The van der Waals surface area contributed by atoms with Gasteiger partial charge in [-0.15, -0.1) is 0 Å². The van der Waals surface area contributed by atoms with Gasteiger partial charge in [0.1, 0.15) is 0 Å². The Morgan fingerprint density at radius 1 is 1.00 bits per heavy atom. The molecule has 29 heavy (non-hydrogen) atoms. The minimum Gasteiger partial charge on any atom is -0.283 e. The molecular weight excluding hydrogens is 376 g/mol. The van der Waals surface area contributed by atoms with Gasteiger partial charge in [-0.1, -0.05) is 80.4 Å². The van der Waals surface area contributed by atoms with Gasteiger partial charge < -0.3 is 0 Å². The number of rotatable bonds is 4. The molecule has 1 saturated heterocycles. The molecule has 2 aromatic rings. The number of benzene rings is 2. The molecule has 4 heteroatoms. The van der Waals surface area contributed by atoms with Crippen molar-refractivity contribution in [3.05, 3.63) is 83.3 Å². The van der Waals surface area contributed by atoms with Gasteiger partial charge in [0.2, 0.25) is 0 Å². The fourth-order valence-corrected chi connectivity index (χ4v) is 4.97. The van der Waals surface area contributed by atoms with Gasteiger partial charge in [-0.2, -0.15) is 0 Å². The smallest absolute Gasteiger partial charge is 0.266 e. The Kier molecular flexibility index (Phi) is 6.30. The van der Waals surface area contributed by atoms with Crippen LogP contribution in [0.2, 0.25) is 0 Å². The van der Waals surface area contributed by atoms with E-state index in [0.717, 1.165) is 27.7 Å². The van der Waals surface area contributed by atoms with E-state index in [1.807, 2.05) is 71.7 Å². The van der Waals surface area contributed by atoms with Crippen LogP contribution in [0, 0.1) is 5.92 Å². The van der Waals surface area contributed by atoms with E-state index in [-0.39, 0.29) is 11.9 Å². The van der Waals surface area contributed by atoms with Gasteiger partial charge in [0.05, 0.1) is 10.6 Å². The maximum atomic E-state index is 13.3. The first-order valence-corrected chi connectivity index (χ1v) is 11.1. The van der Waals surface area contributed by atoms with E-state index in [1.165, 1.54) is 31.0 Å². The Bertz CT molecular complexity index is 934. The van der Waals surface area contributed by atoms with Crippen LogP contribution in [0.3, 0.4) is 0 Å². The van der Waals surface area contributed by atoms with E-state index in [1.54, 1.807) is 0 Å². The summed E-state index contributed by atoms with van der Waals surface area (Å²) in [5.74, 6) is 0.578. The monoisotopic (exact) mass is 402 g/mol. The third-order valence-electron chi connectivity index (χ3n) is 5.55. The second-order valence-corrected chi connectivity index (χ2v) is 8.65. The lowest BCUT2D eigenvalue weighted by atomic mass is 9.85. The molecule has 2 aliphatic rings. The third kappa shape index (κ3) is 4.70. The van der Waals surface area contributed by atoms with Gasteiger partial charge >= 0.3 is 0 Å². The largest absolute Gasteiger partial charge is 0.283 e. The highest BCUT2D eigenvalue weighted by Crippen LogP contribution is 2.39. The first-order valence-electron chi connectivity index (χ1n) is 10.3. The van der Waals surface area contributed by atoms with Crippen molar-refractivity contribution >= 4 is 34.6 Å². The molecule has 0 unspecified atom stereocenters. The fourth-order valence-electron chi connectivity index (χ4n) is 3.98. The number of aliphatic imine (C=N–C) groups is 1. The summed E-state index contributed by atoms with van der Waals surface area (Å²) in [6, 6.07) is 20.3. The number of thioether (sulfide) groups is 1. The molecule has 0 N–H and O–H groups in total. The van der Waals surface area contributed by atoms with E-state index in [4.69, 9.17) is 4.99 Å². The molecule has 1 heterocycles. The molecule has 0 aromatic heterocycles. The summed E-state index contributed by atoms with van der Waals surface area (Å²) in [5.41, 5.74) is 2.01. The summed E-state index contributed by atoms with van der Waals surface area (Å²) in [6.07, 6.45) is 10.6. The van der Waals surface area contributed by atoms with Crippen molar-refractivity contribution in [1.29, 1.82) is 0 Å². The molecule has 0 radical (unpaired) electrons. The van der Waals surface area contributed by atoms with Crippen molar-refractivity contribution in [3.8, 4) is 0 Å². The molecule has 1 amide bonds. The highest BCUT2D eigenvalue weighted by Gasteiger charge is 2.40. The lowest BCUT2D eigenvalue weighted by Gasteiger charge is -2.35. The van der Waals surface area contributed by atoms with Crippen LogP contribution in [0.1, 0.15) is 38.2 Å². The topological polar surface area (TPSA) is 32.7 Å². The lowest BCUT2D eigenvalue weighted by molar-refractivity contribution is -0.125. The second-order valence-electron chi connectivity index (χ2n) is 7.64. The van der Waals surface area contributed by atoms with Crippen molar-refractivity contribution in [2.24, 2.45) is 10.9 Å². The number of nitrogens with zero attached hydrogens (tertiary/aromatic N) is 2. The number of hydrogen-bond donors (Lipinski definition) is 0. The van der Waals surface area contributed by atoms with E-state index in [9.17, 15) is 4.79 Å². The van der Waals surface area contributed by atoms with Gasteiger partial charge in [-0.05, 0) is 54.3 Å². The van der Waals surface area contributed by atoms with E-state index in [0.29, 0.717) is 5.92 Å². The molecule has 0 spiro atoms. The standard InChI is InChI=1S/C25H26N2OS/c1-19-11-8-9-17-22(19)27-24(28)23(18-10-14-20-12-4-2-5-13-20)29-25(27)26-21-15-6-3-7-16-21/h2-7,10,12-16,18-19,22H,8-9,11,17H2,1H3/b14-10+,23-18-,26-25?/t19-,22+/m1/s1. The summed E-state index contributed by atoms with van der Waals surface area (Å²) in [4.78, 5) is 20.9. The third-order valence-corrected chi connectivity index (χ3v) is 6.55. The molecule has 1 aliphatic heterocycles. The predicted octanol–water partition coefficient (Wildman–Crippen LogP) is 6.43. The average molecular weight is 403 g/mol. The van der Waals surface area contributed by atoms with E-state index < -0.39 is 0 Å². The Morgan fingerprint density at radius 2 is 1.69 bits per heavy atom. The van der Waals surface area contributed by atoms with Crippen LogP contribution in [0.25, 0.3) is 6.08 Å². The van der Waals surface area contributed by atoms with Gasteiger partial charge in [0.15, 0.2) is 5.17 Å². The number of carbonyl (C=O) groups is 1. The molecule has 1 saturated carbocycles. The van der Waals surface area contributed by atoms with Crippen LogP contribution in [-0.4, -0.2) is 22.0 Å². The number of carbonyl (C=O) groups excluding carboxylic acids is 1. The predicted molar refractivity (Wildman–Crippen MR) is 123 cm³/mol. The summed E-state index contributed by atoms with van der Waals surface area (Å²) in [7, 11) is 0. The lowest BCUT2D eigenvalue weighted by Crippen LogP contribution is -2.44. The molecule has 2 atom stereocenters. The van der Waals surface area contributed by atoms with Crippen molar-refractivity contribution in [2.45, 2.75) is 38.6 Å². The van der Waals surface area contributed by atoms with E-state index >= 15 is 0 Å². The Balaban J connectivity index is 1.63. The van der Waals surface area contributed by atoms with Crippen LogP contribution in [0.15, 0.2) is 82.7 Å². The zero-order chi connectivity index (χ0) is 20.1. The van der Waals surface area contributed by atoms with Crippen molar-refractivity contribution in [2.75, 3.05) is 0 Å². The number of amides is 1. The first kappa shape index (κ1) is 19.7. The van der Waals surface area contributed by atoms with E-state index in [2.05, 4.69) is 19.1 Å². The van der Waals surface area contributed by atoms with Gasteiger partial charge in [0.25, 0.3) is 5.91 Å². The number of para-hydroxylation sites is 1. The molecule has 0 bridgehead atoms. The van der Waals surface area contributed by atoms with Crippen LogP contribution in [-0.2, 0) is 4.79 Å². The van der Waals surface area contributed by atoms with Crippen molar-refractivity contribution in [3.63, 3.8) is 0 Å². The minimum atomic E-state index is 0.0844. The number of allylic oxidation sites excluding steroid dienone is 2. The van der Waals surface area contributed by atoms with Gasteiger partial charge in [-0.25, -0.2) is 4.99 Å². The maximum Gasteiger partial charge on any atom is 0.266 e. The Hall–Kier alpha value is -2.59. The minimum absolute atomic E-state index is 0.0844. The van der Waals surface area contributed by atoms with Crippen LogP contribution >= 0.6 is 11.8 Å². The van der Waals surface area contributed by atoms with Gasteiger partial charge in [0, 0.05) is 6.04 Å². The quantitative estimate of drug-likeness (QED) is 0.552. The Morgan fingerprint density at radius 3 is 2.41 bits per heavy atom. The molecule has 2 aromatic carbocycles. The maximum absolute atomic E-state index is 13.3. The van der Waals surface area contributed by atoms with Crippen molar-refractivity contribution < 1.29 is 4.79 Å². The second kappa shape index (κ2) is 9.27. The zero-order valence-electron chi connectivity index (χ0n) is 16.7. The first-order chi connectivity index (χ1) is 14.2. The Labute approximate surface area is 177 Å². The normalized spacial score (nSPS) is 25.4. The van der Waals surface area contributed by atoms with Crippen LogP contribution < -0.4 is 0 Å². The summed E-state index contributed by atoms with van der Waals surface area (Å²) < 4.78 is 0. The van der Waals surface area contributed by atoms with Crippen LogP contribution in [0.4, 0.5) is 5.69 Å². The zero-order valence-corrected chi connectivity index (χ0v) is 17.5. The molecule has 148 valence electrons. The summed E-state index contributed by atoms with van der Waals surface area (Å²) in [5, 5.41) is 0.805. The summed E-state index contributed by atoms with van der Waals surface area (Å²) >= 11 is 1.49. The summed E-state index contributed by atoms with van der Waals surface area (Å²) in [6.45, 7) is 2.26. The SMILES string of the molecule is C[C@@H]1CCCC[C@@H]1N1C(=O)/C(=C/C=C/c2ccccc2)SC1=Nc1ccccc1. The average Bonchev–Trinajstić information content (AvgIpc) is 3.05. The van der Waals surface area contributed by atoms with Crippen LogP contribution in [0.5, 0.6) is 0 Å². The number of hydrogen-bond acceptors (Lipinski definition) is 3.